The Labute approximate surface area is 134 Å². The van der Waals surface area contributed by atoms with Gasteiger partial charge in [-0.15, -0.1) is 0 Å². The maximum absolute atomic E-state index is 6.00. The van der Waals surface area contributed by atoms with E-state index < -0.39 is 0 Å². The molecule has 0 radical (unpaired) electrons. The van der Waals surface area contributed by atoms with Crippen molar-refractivity contribution in [2.24, 2.45) is 5.92 Å². The fourth-order valence-corrected chi connectivity index (χ4v) is 3.29. The van der Waals surface area contributed by atoms with Crippen molar-refractivity contribution in [1.29, 1.82) is 0 Å². The van der Waals surface area contributed by atoms with Crippen molar-refractivity contribution in [3.05, 3.63) is 34.9 Å². The van der Waals surface area contributed by atoms with Gasteiger partial charge in [-0.25, -0.2) is 0 Å². The molecular formula is C18H29ClN2. The molecule has 2 rings (SSSR count). The van der Waals surface area contributed by atoms with Gasteiger partial charge in [0.1, 0.15) is 0 Å². The summed E-state index contributed by atoms with van der Waals surface area (Å²) in [5, 5.41) is 4.50. The van der Waals surface area contributed by atoms with Gasteiger partial charge in [0.25, 0.3) is 0 Å². The van der Waals surface area contributed by atoms with Crippen molar-refractivity contribution in [3.8, 4) is 0 Å². The van der Waals surface area contributed by atoms with Crippen LogP contribution in [0.4, 0.5) is 0 Å². The van der Waals surface area contributed by atoms with Crippen LogP contribution in [0.25, 0.3) is 0 Å². The Morgan fingerprint density at radius 3 is 2.67 bits per heavy atom. The van der Waals surface area contributed by atoms with Gasteiger partial charge in [0.2, 0.25) is 0 Å². The van der Waals surface area contributed by atoms with E-state index in [2.05, 4.69) is 36.2 Å². The molecule has 2 atom stereocenters. The van der Waals surface area contributed by atoms with Gasteiger partial charge in [-0.3, -0.25) is 0 Å². The standard InChI is InChI=1S/C18H29ClN2/c1-3-11-20-18(16-5-7-17(19)8-6-16)10-13-21-12-9-15(4-2)14-21/h5-8,15,18,20H,3-4,9-14H2,1-2H3. The maximum Gasteiger partial charge on any atom is 0.0406 e. The first-order valence-electron chi connectivity index (χ1n) is 8.44. The number of likely N-dealkylation sites (tertiary alicyclic amines) is 1. The molecule has 118 valence electrons. The molecule has 2 unspecified atom stereocenters. The second-order valence-electron chi connectivity index (χ2n) is 6.21. The average molecular weight is 309 g/mol. The summed E-state index contributed by atoms with van der Waals surface area (Å²) in [6, 6.07) is 8.77. The topological polar surface area (TPSA) is 15.3 Å². The Morgan fingerprint density at radius 1 is 1.29 bits per heavy atom. The van der Waals surface area contributed by atoms with Crippen molar-refractivity contribution in [2.75, 3.05) is 26.2 Å². The lowest BCUT2D eigenvalue weighted by Crippen LogP contribution is -2.28. The van der Waals surface area contributed by atoms with E-state index in [-0.39, 0.29) is 0 Å². The highest BCUT2D eigenvalue weighted by Gasteiger charge is 2.21. The number of rotatable bonds is 8. The largest absolute Gasteiger partial charge is 0.310 e. The molecule has 1 aliphatic rings. The summed E-state index contributed by atoms with van der Waals surface area (Å²) >= 11 is 6.00. The molecule has 1 aliphatic heterocycles. The van der Waals surface area contributed by atoms with E-state index in [1.54, 1.807) is 0 Å². The zero-order valence-corrected chi connectivity index (χ0v) is 14.2. The molecule has 0 saturated carbocycles. The quantitative estimate of drug-likeness (QED) is 0.760. The Morgan fingerprint density at radius 2 is 2.05 bits per heavy atom. The fourth-order valence-electron chi connectivity index (χ4n) is 3.16. The number of hydrogen-bond donors (Lipinski definition) is 1. The Balaban J connectivity index is 1.89. The second-order valence-corrected chi connectivity index (χ2v) is 6.65. The molecule has 1 N–H and O–H groups in total. The van der Waals surface area contributed by atoms with Gasteiger partial charge in [0, 0.05) is 17.6 Å². The summed E-state index contributed by atoms with van der Waals surface area (Å²) in [6.45, 7) is 9.37. The van der Waals surface area contributed by atoms with Crippen LogP contribution in [0.15, 0.2) is 24.3 Å². The van der Waals surface area contributed by atoms with Gasteiger partial charge < -0.3 is 10.2 Å². The number of halogens is 1. The van der Waals surface area contributed by atoms with Crippen molar-refractivity contribution in [3.63, 3.8) is 0 Å². The van der Waals surface area contributed by atoms with Gasteiger partial charge in [0.15, 0.2) is 0 Å². The molecule has 1 heterocycles. The summed E-state index contributed by atoms with van der Waals surface area (Å²) in [5.74, 6) is 0.919. The molecule has 1 aromatic rings. The minimum atomic E-state index is 0.447. The highest BCUT2D eigenvalue weighted by Crippen LogP contribution is 2.23. The van der Waals surface area contributed by atoms with Crippen LogP contribution >= 0.6 is 11.6 Å². The Hall–Kier alpha value is -0.570. The minimum absolute atomic E-state index is 0.447. The third-order valence-electron chi connectivity index (χ3n) is 4.59. The van der Waals surface area contributed by atoms with Crippen molar-refractivity contribution in [1.82, 2.24) is 10.2 Å². The van der Waals surface area contributed by atoms with Gasteiger partial charge in [-0.05, 0) is 62.5 Å². The first-order chi connectivity index (χ1) is 10.2. The van der Waals surface area contributed by atoms with E-state index in [0.717, 1.165) is 17.5 Å². The average Bonchev–Trinajstić information content (AvgIpc) is 2.97. The SMILES string of the molecule is CCCNC(CCN1CCC(CC)C1)c1ccc(Cl)cc1. The van der Waals surface area contributed by atoms with E-state index in [9.17, 15) is 0 Å². The minimum Gasteiger partial charge on any atom is -0.310 e. The van der Waals surface area contributed by atoms with E-state index in [1.807, 2.05) is 12.1 Å². The molecule has 21 heavy (non-hydrogen) atoms. The van der Waals surface area contributed by atoms with E-state index >= 15 is 0 Å². The number of nitrogens with one attached hydrogen (secondary N) is 1. The molecule has 1 fully saturated rings. The predicted octanol–water partition coefficient (Wildman–Crippen LogP) is 4.50. The van der Waals surface area contributed by atoms with E-state index in [4.69, 9.17) is 11.6 Å². The van der Waals surface area contributed by atoms with Gasteiger partial charge in [0.05, 0.1) is 0 Å². The number of benzene rings is 1. The van der Waals surface area contributed by atoms with Crippen LogP contribution in [0, 0.1) is 5.92 Å². The lowest BCUT2D eigenvalue weighted by atomic mass is 10.0. The smallest absolute Gasteiger partial charge is 0.0406 e. The normalized spacial score (nSPS) is 20.8. The Bertz CT molecular complexity index is 404. The lowest BCUT2D eigenvalue weighted by Gasteiger charge is -2.23. The van der Waals surface area contributed by atoms with Crippen LogP contribution in [0.5, 0.6) is 0 Å². The second kappa shape index (κ2) is 8.77. The molecule has 1 aromatic carbocycles. The molecule has 0 bridgehead atoms. The summed E-state index contributed by atoms with van der Waals surface area (Å²) < 4.78 is 0. The molecular weight excluding hydrogens is 280 g/mol. The van der Waals surface area contributed by atoms with Crippen molar-refractivity contribution >= 4 is 11.6 Å². The van der Waals surface area contributed by atoms with Crippen molar-refractivity contribution in [2.45, 2.75) is 45.6 Å². The number of hydrogen-bond acceptors (Lipinski definition) is 2. The van der Waals surface area contributed by atoms with Crippen LogP contribution in [-0.4, -0.2) is 31.1 Å². The van der Waals surface area contributed by atoms with Gasteiger partial charge >= 0.3 is 0 Å². The van der Waals surface area contributed by atoms with Crippen LogP contribution in [-0.2, 0) is 0 Å². The zero-order valence-electron chi connectivity index (χ0n) is 13.4. The van der Waals surface area contributed by atoms with E-state index in [0.29, 0.717) is 6.04 Å². The lowest BCUT2D eigenvalue weighted by molar-refractivity contribution is 0.298. The van der Waals surface area contributed by atoms with Crippen LogP contribution < -0.4 is 5.32 Å². The van der Waals surface area contributed by atoms with E-state index in [1.165, 1.54) is 50.9 Å². The third kappa shape index (κ3) is 5.28. The predicted molar refractivity (Wildman–Crippen MR) is 91.9 cm³/mol. The number of nitrogens with zero attached hydrogens (tertiary/aromatic N) is 1. The molecule has 1 saturated heterocycles. The van der Waals surface area contributed by atoms with Gasteiger partial charge in [-0.1, -0.05) is 44.0 Å². The molecule has 3 heteroatoms. The fraction of sp³-hybridized carbons (Fsp3) is 0.667. The molecule has 0 amide bonds. The summed E-state index contributed by atoms with van der Waals surface area (Å²) in [7, 11) is 0. The Kier molecular flexibility index (Phi) is 7.01. The van der Waals surface area contributed by atoms with Crippen LogP contribution in [0.3, 0.4) is 0 Å². The molecule has 0 aromatic heterocycles. The third-order valence-corrected chi connectivity index (χ3v) is 4.85. The first-order valence-corrected chi connectivity index (χ1v) is 8.82. The molecule has 0 aliphatic carbocycles. The van der Waals surface area contributed by atoms with Crippen LogP contribution in [0.2, 0.25) is 5.02 Å². The summed E-state index contributed by atoms with van der Waals surface area (Å²) in [5.41, 5.74) is 1.36. The maximum atomic E-state index is 6.00. The highest BCUT2D eigenvalue weighted by atomic mass is 35.5. The van der Waals surface area contributed by atoms with Crippen LogP contribution in [0.1, 0.15) is 51.1 Å². The highest BCUT2D eigenvalue weighted by molar-refractivity contribution is 6.30. The zero-order chi connectivity index (χ0) is 15.1. The summed E-state index contributed by atoms with van der Waals surface area (Å²) in [4.78, 5) is 2.63. The molecule has 2 nitrogen and oxygen atoms in total. The monoisotopic (exact) mass is 308 g/mol. The van der Waals surface area contributed by atoms with Crippen molar-refractivity contribution < 1.29 is 0 Å². The first kappa shape index (κ1) is 16.8. The van der Waals surface area contributed by atoms with Gasteiger partial charge in [-0.2, -0.15) is 0 Å². The summed E-state index contributed by atoms with van der Waals surface area (Å²) in [6.07, 6.45) is 5.06. The molecule has 0 spiro atoms.